The number of rotatable bonds is 5. The maximum atomic E-state index is 4.52. The highest BCUT2D eigenvalue weighted by atomic mass is 15.1. The van der Waals surface area contributed by atoms with Crippen molar-refractivity contribution in [3.05, 3.63) is 41.6 Å². The lowest BCUT2D eigenvalue weighted by molar-refractivity contribution is 0.866. The van der Waals surface area contributed by atoms with E-state index in [2.05, 4.69) is 73.4 Å². The molecule has 2 aromatic rings. The van der Waals surface area contributed by atoms with Gasteiger partial charge in [0.2, 0.25) is 5.95 Å². The van der Waals surface area contributed by atoms with E-state index < -0.39 is 0 Å². The van der Waals surface area contributed by atoms with E-state index >= 15 is 0 Å². The molecular formula is C17H24N4. The van der Waals surface area contributed by atoms with Crippen molar-refractivity contribution in [2.45, 2.75) is 46.6 Å². The summed E-state index contributed by atoms with van der Waals surface area (Å²) in [4.78, 5) is 8.84. The lowest BCUT2D eigenvalue weighted by Crippen LogP contribution is -2.12. The number of aryl methyl sites for hydroxylation is 1. The summed E-state index contributed by atoms with van der Waals surface area (Å²) in [5, 5.41) is 6.67. The van der Waals surface area contributed by atoms with E-state index in [1.165, 1.54) is 11.1 Å². The van der Waals surface area contributed by atoms with Crippen LogP contribution in [0.25, 0.3) is 0 Å². The summed E-state index contributed by atoms with van der Waals surface area (Å²) in [5.74, 6) is 1.91. The highest BCUT2D eigenvalue weighted by Gasteiger charge is 2.10. The zero-order chi connectivity index (χ0) is 15.4. The first-order valence-corrected chi connectivity index (χ1v) is 7.43. The molecule has 112 valence electrons. The van der Waals surface area contributed by atoms with Crippen LogP contribution in [0.4, 0.5) is 17.5 Å². The summed E-state index contributed by atoms with van der Waals surface area (Å²) in [6.07, 6.45) is 1.77. The number of nitrogens with zero attached hydrogens (tertiary/aromatic N) is 2. The van der Waals surface area contributed by atoms with Gasteiger partial charge in [-0.25, -0.2) is 4.98 Å². The van der Waals surface area contributed by atoms with Gasteiger partial charge in [0.25, 0.3) is 0 Å². The van der Waals surface area contributed by atoms with Crippen molar-refractivity contribution in [1.82, 2.24) is 9.97 Å². The van der Waals surface area contributed by atoms with Gasteiger partial charge < -0.3 is 10.6 Å². The molecule has 2 rings (SSSR count). The molecule has 0 atom stereocenters. The SMILES string of the molecule is Cc1cccc(C(C)C)c1Nc1nccc(NC(C)C)n1. The maximum Gasteiger partial charge on any atom is 0.229 e. The average Bonchev–Trinajstić information content (AvgIpc) is 2.40. The standard InChI is InChI=1S/C17H24N4/c1-11(2)14-8-6-7-13(5)16(14)21-17-18-10-9-15(20-17)19-12(3)4/h6-12H,1-5H3,(H2,18,19,20,21). The largest absolute Gasteiger partial charge is 0.368 e. The normalized spacial score (nSPS) is 11.0. The summed E-state index contributed by atoms with van der Waals surface area (Å²) in [6.45, 7) is 10.7. The van der Waals surface area contributed by atoms with Crippen molar-refractivity contribution in [3.8, 4) is 0 Å². The lowest BCUT2D eigenvalue weighted by atomic mass is 9.98. The van der Waals surface area contributed by atoms with Crippen molar-refractivity contribution in [2.24, 2.45) is 0 Å². The average molecular weight is 284 g/mol. The van der Waals surface area contributed by atoms with Crippen LogP contribution < -0.4 is 10.6 Å². The van der Waals surface area contributed by atoms with Crippen molar-refractivity contribution in [3.63, 3.8) is 0 Å². The van der Waals surface area contributed by atoms with Gasteiger partial charge in [0, 0.05) is 17.9 Å². The van der Waals surface area contributed by atoms with Crippen LogP contribution in [0.5, 0.6) is 0 Å². The first-order valence-electron chi connectivity index (χ1n) is 7.43. The zero-order valence-corrected chi connectivity index (χ0v) is 13.4. The van der Waals surface area contributed by atoms with Gasteiger partial charge in [0.05, 0.1) is 0 Å². The molecule has 2 N–H and O–H groups in total. The lowest BCUT2D eigenvalue weighted by Gasteiger charge is -2.17. The van der Waals surface area contributed by atoms with Crippen molar-refractivity contribution in [1.29, 1.82) is 0 Å². The predicted octanol–water partition coefficient (Wildman–Crippen LogP) is 4.47. The van der Waals surface area contributed by atoms with Gasteiger partial charge in [-0.2, -0.15) is 4.98 Å². The van der Waals surface area contributed by atoms with E-state index in [1.807, 2.05) is 6.07 Å². The molecule has 0 spiro atoms. The minimum Gasteiger partial charge on any atom is -0.368 e. The van der Waals surface area contributed by atoms with E-state index in [1.54, 1.807) is 6.20 Å². The van der Waals surface area contributed by atoms with Crippen molar-refractivity contribution >= 4 is 17.5 Å². The molecule has 0 radical (unpaired) electrons. The molecule has 4 heteroatoms. The Labute approximate surface area is 127 Å². The van der Waals surface area contributed by atoms with E-state index in [0.29, 0.717) is 17.9 Å². The van der Waals surface area contributed by atoms with Gasteiger partial charge in [0.1, 0.15) is 5.82 Å². The summed E-state index contributed by atoms with van der Waals surface area (Å²) >= 11 is 0. The van der Waals surface area contributed by atoms with Crippen LogP contribution in [0.1, 0.15) is 44.7 Å². The highest BCUT2D eigenvalue weighted by molar-refractivity contribution is 5.64. The molecule has 1 heterocycles. The van der Waals surface area contributed by atoms with Crippen LogP contribution in [0.15, 0.2) is 30.5 Å². The minimum absolute atomic E-state index is 0.345. The van der Waals surface area contributed by atoms with E-state index in [4.69, 9.17) is 0 Å². The molecule has 1 aromatic heterocycles. The predicted molar refractivity (Wildman–Crippen MR) is 89.3 cm³/mol. The fourth-order valence-electron chi connectivity index (χ4n) is 2.25. The topological polar surface area (TPSA) is 49.8 Å². The summed E-state index contributed by atoms with van der Waals surface area (Å²) in [7, 11) is 0. The second-order valence-electron chi connectivity index (χ2n) is 5.88. The van der Waals surface area contributed by atoms with Gasteiger partial charge in [0.15, 0.2) is 0 Å². The van der Waals surface area contributed by atoms with Crippen LogP contribution in [-0.2, 0) is 0 Å². The third-order valence-corrected chi connectivity index (χ3v) is 3.26. The molecule has 21 heavy (non-hydrogen) atoms. The summed E-state index contributed by atoms with van der Waals surface area (Å²) in [5.41, 5.74) is 3.59. The second kappa shape index (κ2) is 6.57. The van der Waals surface area contributed by atoms with Gasteiger partial charge in [-0.3, -0.25) is 0 Å². The fraction of sp³-hybridized carbons (Fsp3) is 0.412. The number of hydrogen-bond donors (Lipinski definition) is 2. The molecule has 0 unspecified atom stereocenters. The first kappa shape index (κ1) is 15.3. The first-order chi connectivity index (χ1) is 9.97. The molecular weight excluding hydrogens is 260 g/mol. The van der Waals surface area contributed by atoms with Crippen LogP contribution in [-0.4, -0.2) is 16.0 Å². The molecule has 0 fully saturated rings. The fourth-order valence-corrected chi connectivity index (χ4v) is 2.25. The molecule has 0 aliphatic heterocycles. The summed E-state index contributed by atoms with van der Waals surface area (Å²) in [6, 6.07) is 8.57. The molecule has 0 amide bonds. The zero-order valence-electron chi connectivity index (χ0n) is 13.4. The molecule has 4 nitrogen and oxygen atoms in total. The van der Waals surface area contributed by atoms with Crippen LogP contribution in [0, 0.1) is 6.92 Å². The third kappa shape index (κ3) is 3.94. The quantitative estimate of drug-likeness (QED) is 0.850. The molecule has 0 aliphatic carbocycles. The van der Waals surface area contributed by atoms with E-state index in [9.17, 15) is 0 Å². The van der Waals surface area contributed by atoms with Crippen molar-refractivity contribution in [2.75, 3.05) is 10.6 Å². The number of aromatic nitrogens is 2. The summed E-state index contributed by atoms with van der Waals surface area (Å²) < 4.78 is 0. The molecule has 0 saturated carbocycles. The number of anilines is 3. The molecule has 0 aliphatic rings. The van der Waals surface area contributed by atoms with Crippen LogP contribution in [0.3, 0.4) is 0 Å². The van der Waals surface area contributed by atoms with Crippen LogP contribution in [0.2, 0.25) is 0 Å². The van der Waals surface area contributed by atoms with Crippen LogP contribution >= 0.6 is 0 Å². The third-order valence-electron chi connectivity index (χ3n) is 3.26. The van der Waals surface area contributed by atoms with Crippen molar-refractivity contribution < 1.29 is 0 Å². The Hall–Kier alpha value is -2.10. The minimum atomic E-state index is 0.345. The highest BCUT2D eigenvalue weighted by Crippen LogP contribution is 2.29. The Bertz CT molecular complexity index is 605. The Balaban J connectivity index is 2.30. The number of benzene rings is 1. The van der Waals surface area contributed by atoms with E-state index in [0.717, 1.165) is 11.5 Å². The molecule has 1 aromatic carbocycles. The number of para-hydroxylation sites is 1. The van der Waals surface area contributed by atoms with Gasteiger partial charge in [-0.05, 0) is 43.9 Å². The maximum absolute atomic E-state index is 4.52. The second-order valence-corrected chi connectivity index (χ2v) is 5.88. The Kier molecular flexibility index (Phi) is 4.78. The Morgan fingerprint density at radius 3 is 2.48 bits per heavy atom. The van der Waals surface area contributed by atoms with E-state index in [-0.39, 0.29) is 0 Å². The van der Waals surface area contributed by atoms with Gasteiger partial charge in [-0.1, -0.05) is 32.0 Å². The molecule has 0 bridgehead atoms. The Morgan fingerprint density at radius 1 is 1.05 bits per heavy atom. The van der Waals surface area contributed by atoms with Gasteiger partial charge >= 0.3 is 0 Å². The monoisotopic (exact) mass is 284 g/mol. The smallest absolute Gasteiger partial charge is 0.229 e. The number of nitrogens with one attached hydrogen (secondary N) is 2. The Morgan fingerprint density at radius 2 is 1.81 bits per heavy atom. The molecule has 0 saturated heterocycles. The number of hydrogen-bond acceptors (Lipinski definition) is 4. The van der Waals surface area contributed by atoms with Gasteiger partial charge in [-0.15, -0.1) is 0 Å².